The molecule has 3 heterocycles. The Morgan fingerprint density at radius 3 is 3.24 bits per heavy atom. The number of fused-ring (bicyclic) bond motifs is 1. The predicted molar refractivity (Wildman–Crippen MR) is 70.0 cm³/mol. The van der Waals surface area contributed by atoms with Crippen LogP contribution in [0, 0.1) is 0 Å². The van der Waals surface area contributed by atoms with Crippen molar-refractivity contribution in [1.29, 1.82) is 0 Å². The molecule has 1 aliphatic rings. The van der Waals surface area contributed by atoms with Gasteiger partial charge in [-0.1, -0.05) is 0 Å². The molecule has 0 aromatic carbocycles. The second-order valence-corrected chi connectivity index (χ2v) is 5.78. The zero-order valence-corrected chi connectivity index (χ0v) is 10.7. The van der Waals surface area contributed by atoms with E-state index in [2.05, 4.69) is 28.0 Å². The molecule has 3 rings (SSSR count). The average Bonchev–Trinajstić information content (AvgIpc) is 2.75. The summed E-state index contributed by atoms with van der Waals surface area (Å²) in [6.45, 7) is 1.08. The van der Waals surface area contributed by atoms with Crippen LogP contribution in [0.5, 0.6) is 0 Å². The lowest BCUT2D eigenvalue weighted by Gasteiger charge is -2.35. The Morgan fingerprint density at radius 2 is 2.41 bits per heavy atom. The lowest BCUT2D eigenvalue weighted by atomic mass is 9.97. The molecule has 5 heteroatoms. The first-order chi connectivity index (χ1) is 8.24. The van der Waals surface area contributed by atoms with E-state index in [0.717, 1.165) is 29.6 Å². The van der Waals surface area contributed by atoms with Gasteiger partial charge >= 0.3 is 0 Å². The lowest BCUT2D eigenvalue weighted by Crippen LogP contribution is -2.39. The second-order valence-electron chi connectivity index (χ2n) is 4.71. The van der Waals surface area contributed by atoms with E-state index in [4.69, 9.17) is 5.73 Å². The van der Waals surface area contributed by atoms with Crippen LogP contribution in [-0.4, -0.2) is 34.5 Å². The summed E-state index contributed by atoms with van der Waals surface area (Å²) in [6.07, 6.45) is 5.62. The number of hydrogen-bond acceptors (Lipinski definition) is 5. The maximum atomic E-state index is 6.07. The molecular formula is C12H16N4S. The van der Waals surface area contributed by atoms with Crippen molar-refractivity contribution in [1.82, 2.24) is 14.9 Å². The third kappa shape index (κ3) is 2.06. The Kier molecular flexibility index (Phi) is 2.82. The van der Waals surface area contributed by atoms with E-state index < -0.39 is 0 Å². The molecule has 2 unspecified atom stereocenters. The zero-order valence-electron chi connectivity index (χ0n) is 9.84. The minimum Gasteiger partial charge on any atom is -0.328 e. The van der Waals surface area contributed by atoms with Crippen molar-refractivity contribution in [3.05, 3.63) is 23.5 Å². The number of rotatable bonds is 1. The first-order valence-electron chi connectivity index (χ1n) is 5.89. The van der Waals surface area contributed by atoms with Gasteiger partial charge in [0.15, 0.2) is 0 Å². The van der Waals surface area contributed by atoms with Gasteiger partial charge in [0.05, 0.1) is 0 Å². The summed E-state index contributed by atoms with van der Waals surface area (Å²) in [5, 5.41) is 1.14. The smallest absolute Gasteiger partial charge is 0.126 e. The number of nitrogens with zero attached hydrogens (tertiary/aromatic N) is 3. The topological polar surface area (TPSA) is 55.0 Å². The molecule has 0 aliphatic carbocycles. The summed E-state index contributed by atoms with van der Waals surface area (Å²) in [6, 6.07) is 2.98. The van der Waals surface area contributed by atoms with Gasteiger partial charge in [0.2, 0.25) is 0 Å². The highest BCUT2D eigenvalue weighted by Crippen LogP contribution is 2.35. The summed E-state index contributed by atoms with van der Waals surface area (Å²) in [5.74, 6) is 0. The summed E-state index contributed by atoms with van der Waals surface area (Å²) in [7, 11) is 2.17. The number of hydrogen-bond donors (Lipinski definition) is 1. The lowest BCUT2D eigenvalue weighted by molar-refractivity contribution is 0.174. The van der Waals surface area contributed by atoms with Gasteiger partial charge in [-0.3, -0.25) is 4.90 Å². The minimum atomic E-state index is 0.326. The SMILES string of the molecule is CN1CCC(N)CC1c1cc2cncnc2s1. The van der Waals surface area contributed by atoms with Crippen LogP contribution in [0.3, 0.4) is 0 Å². The van der Waals surface area contributed by atoms with E-state index in [0.29, 0.717) is 12.1 Å². The van der Waals surface area contributed by atoms with E-state index in [1.807, 2.05) is 6.20 Å². The van der Waals surface area contributed by atoms with Crippen LogP contribution >= 0.6 is 11.3 Å². The molecule has 2 aromatic heterocycles. The highest BCUT2D eigenvalue weighted by molar-refractivity contribution is 7.18. The van der Waals surface area contributed by atoms with Crippen LogP contribution in [-0.2, 0) is 0 Å². The van der Waals surface area contributed by atoms with Gasteiger partial charge in [-0.2, -0.15) is 0 Å². The summed E-state index contributed by atoms with van der Waals surface area (Å²) in [5.41, 5.74) is 6.07. The normalized spacial score (nSPS) is 26.5. The van der Waals surface area contributed by atoms with Crippen LogP contribution < -0.4 is 5.73 Å². The molecule has 2 atom stereocenters. The number of aromatic nitrogens is 2. The molecule has 0 spiro atoms. The monoisotopic (exact) mass is 248 g/mol. The predicted octanol–water partition coefficient (Wildman–Crippen LogP) is 1.79. The summed E-state index contributed by atoms with van der Waals surface area (Å²) < 4.78 is 0. The van der Waals surface area contributed by atoms with Gasteiger partial charge < -0.3 is 5.73 Å². The Morgan fingerprint density at radius 1 is 1.53 bits per heavy atom. The molecule has 90 valence electrons. The van der Waals surface area contributed by atoms with Crippen molar-refractivity contribution in [2.24, 2.45) is 5.73 Å². The van der Waals surface area contributed by atoms with Gasteiger partial charge in [0.25, 0.3) is 0 Å². The molecular weight excluding hydrogens is 232 g/mol. The highest BCUT2D eigenvalue weighted by Gasteiger charge is 2.26. The Balaban J connectivity index is 1.96. The Labute approximate surface area is 104 Å². The number of thiophene rings is 1. The van der Waals surface area contributed by atoms with Gasteiger partial charge in [-0.25, -0.2) is 9.97 Å². The number of likely N-dealkylation sites (tertiary alicyclic amines) is 1. The molecule has 1 saturated heterocycles. The molecule has 0 radical (unpaired) electrons. The quantitative estimate of drug-likeness (QED) is 0.836. The molecule has 0 amide bonds. The number of nitrogens with two attached hydrogens (primary N) is 1. The fraction of sp³-hybridized carbons (Fsp3) is 0.500. The molecule has 0 saturated carbocycles. The molecule has 0 bridgehead atoms. The Bertz CT molecular complexity index is 491. The van der Waals surface area contributed by atoms with Crippen LogP contribution in [0.4, 0.5) is 0 Å². The van der Waals surface area contributed by atoms with E-state index in [1.54, 1.807) is 17.7 Å². The van der Waals surface area contributed by atoms with Crippen molar-refractivity contribution in [3.63, 3.8) is 0 Å². The molecule has 4 nitrogen and oxygen atoms in total. The molecule has 2 aromatic rings. The van der Waals surface area contributed by atoms with E-state index in [-0.39, 0.29) is 0 Å². The third-order valence-corrected chi connectivity index (χ3v) is 4.61. The zero-order chi connectivity index (χ0) is 11.8. The molecule has 17 heavy (non-hydrogen) atoms. The fourth-order valence-electron chi connectivity index (χ4n) is 2.42. The summed E-state index contributed by atoms with van der Waals surface area (Å²) in [4.78, 5) is 13.2. The van der Waals surface area contributed by atoms with Crippen LogP contribution in [0.15, 0.2) is 18.6 Å². The first kappa shape index (κ1) is 11.1. The van der Waals surface area contributed by atoms with Crippen LogP contribution in [0.1, 0.15) is 23.8 Å². The van der Waals surface area contributed by atoms with E-state index in [9.17, 15) is 0 Å². The number of piperidine rings is 1. The standard InChI is InChI=1S/C12H16N4S/c1-16-3-2-9(13)5-10(16)11-4-8-6-14-7-15-12(8)17-11/h4,6-7,9-10H,2-3,5,13H2,1H3. The van der Waals surface area contributed by atoms with Gasteiger partial charge in [-0.05, 0) is 32.5 Å². The van der Waals surface area contributed by atoms with E-state index in [1.165, 1.54) is 4.88 Å². The van der Waals surface area contributed by atoms with Gasteiger partial charge in [0.1, 0.15) is 11.2 Å². The maximum absolute atomic E-state index is 6.07. The second kappa shape index (κ2) is 4.33. The van der Waals surface area contributed by atoms with Crippen LogP contribution in [0.2, 0.25) is 0 Å². The van der Waals surface area contributed by atoms with Crippen molar-refractivity contribution in [2.45, 2.75) is 24.9 Å². The fourth-order valence-corrected chi connectivity index (χ4v) is 3.57. The van der Waals surface area contributed by atoms with Gasteiger partial charge in [-0.15, -0.1) is 11.3 Å². The van der Waals surface area contributed by atoms with Crippen molar-refractivity contribution >= 4 is 21.6 Å². The molecule has 2 N–H and O–H groups in total. The van der Waals surface area contributed by atoms with Crippen molar-refractivity contribution < 1.29 is 0 Å². The third-order valence-electron chi connectivity index (χ3n) is 3.45. The van der Waals surface area contributed by atoms with Crippen molar-refractivity contribution in [3.8, 4) is 0 Å². The largest absolute Gasteiger partial charge is 0.328 e. The highest BCUT2D eigenvalue weighted by atomic mass is 32.1. The molecule has 1 aliphatic heterocycles. The Hall–Kier alpha value is -1.04. The average molecular weight is 248 g/mol. The minimum absolute atomic E-state index is 0.326. The van der Waals surface area contributed by atoms with Crippen molar-refractivity contribution in [2.75, 3.05) is 13.6 Å². The molecule has 1 fully saturated rings. The summed E-state index contributed by atoms with van der Waals surface area (Å²) >= 11 is 1.76. The van der Waals surface area contributed by atoms with Crippen LogP contribution in [0.25, 0.3) is 10.2 Å². The maximum Gasteiger partial charge on any atom is 0.126 e. The van der Waals surface area contributed by atoms with Gasteiger partial charge in [0, 0.05) is 28.5 Å². The first-order valence-corrected chi connectivity index (χ1v) is 6.71. The van der Waals surface area contributed by atoms with E-state index >= 15 is 0 Å².